The molecule has 0 atom stereocenters. The Bertz CT molecular complexity index is 832. The normalized spacial score (nSPS) is 10.9. The number of hydrogen-bond acceptors (Lipinski definition) is 2. The molecule has 6 heteroatoms. The Kier molecular flexibility index (Phi) is 11.6. The molecule has 5 nitrogen and oxygen atoms in total. The lowest BCUT2D eigenvalue weighted by Gasteiger charge is -2.28. The number of amides is 2. The molecule has 1 aromatic heterocycles. The third kappa shape index (κ3) is 8.45. The van der Waals surface area contributed by atoms with Crippen molar-refractivity contribution in [2.45, 2.75) is 72.4 Å². The number of unbranched alkanes of at least 4 members (excludes halogenated alkanes) is 2. The molecule has 2 aromatic rings. The lowest BCUT2D eigenvalue weighted by Crippen LogP contribution is -2.43. The van der Waals surface area contributed by atoms with E-state index in [1.807, 2.05) is 23.1 Å². The maximum absolute atomic E-state index is 13.3. The molecule has 0 N–H and O–H groups in total. The third-order valence-electron chi connectivity index (χ3n) is 5.59. The zero-order valence-corrected chi connectivity index (χ0v) is 21.4. The second-order valence-corrected chi connectivity index (χ2v) is 9.26. The lowest BCUT2D eigenvalue weighted by molar-refractivity contribution is -0.141. The van der Waals surface area contributed by atoms with E-state index >= 15 is 0 Å². The minimum absolute atomic E-state index is 0.0353. The first-order valence-corrected chi connectivity index (χ1v) is 12.7. The second-order valence-electron chi connectivity index (χ2n) is 8.34. The zero-order chi connectivity index (χ0) is 23.3. The van der Waals surface area contributed by atoms with Crippen LogP contribution in [0.1, 0.15) is 70.6 Å². The number of hydrogen-bond donors (Lipinski definition) is 0. The maximum atomic E-state index is 13.3. The molecule has 0 aliphatic rings. The Labute approximate surface area is 201 Å². The maximum Gasteiger partial charge on any atom is 0.242 e. The van der Waals surface area contributed by atoms with Gasteiger partial charge in [-0.2, -0.15) is 0 Å². The van der Waals surface area contributed by atoms with Gasteiger partial charge in [0.1, 0.15) is 0 Å². The number of rotatable bonds is 14. The summed E-state index contributed by atoms with van der Waals surface area (Å²) in [5, 5.41) is 0. The standard InChI is InChI=1S/C26H38BrN3O2/c1-4-7-11-25(31)29(16-6-3)21-26(32)30(17-8-5-2)20-24-10-9-18-28(24)19-22-12-14-23(27)15-13-22/h9-10,12-15,18H,4-8,11,16-17,19-21H2,1-3H3. The van der Waals surface area contributed by atoms with Crippen LogP contribution in [0.3, 0.4) is 0 Å². The second kappa shape index (κ2) is 14.1. The van der Waals surface area contributed by atoms with Crippen LogP contribution in [0.2, 0.25) is 0 Å². The van der Waals surface area contributed by atoms with Crippen molar-refractivity contribution in [2.24, 2.45) is 0 Å². The van der Waals surface area contributed by atoms with Crippen LogP contribution in [-0.2, 0) is 22.7 Å². The summed E-state index contributed by atoms with van der Waals surface area (Å²) in [6.07, 6.45) is 7.28. The van der Waals surface area contributed by atoms with Gasteiger partial charge in [-0.1, -0.05) is 61.7 Å². The molecule has 0 saturated carbocycles. The minimum atomic E-state index is 0.0353. The van der Waals surface area contributed by atoms with Crippen LogP contribution in [0.5, 0.6) is 0 Å². The fraction of sp³-hybridized carbons (Fsp3) is 0.538. The van der Waals surface area contributed by atoms with Crippen molar-refractivity contribution in [3.05, 3.63) is 58.3 Å². The highest BCUT2D eigenvalue weighted by molar-refractivity contribution is 9.10. The van der Waals surface area contributed by atoms with Crippen LogP contribution in [0.25, 0.3) is 0 Å². The Balaban J connectivity index is 2.10. The van der Waals surface area contributed by atoms with E-state index in [1.165, 1.54) is 5.56 Å². The fourth-order valence-electron chi connectivity index (χ4n) is 3.68. The van der Waals surface area contributed by atoms with E-state index in [1.54, 1.807) is 4.90 Å². The highest BCUT2D eigenvalue weighted by Gasteiger charge is 2.21. The largest absolute Gasteiger partial charge is 0.345 e. The van der Waals surface area contributed by atoms with Gasteiger partial charge in [-0.25, -0.2) is 0 Å². The first kappa shape index (κ1) is 26.2. The predicted octanol–water partition coefficient (Wildman–Crippen LogP) is 5.86. The van der Waals surface area contributed by atoms with E-state index < -0.39 is 0 Å². The van der Waals surface area contributed by atoms with Gasteiger partial charge in [0.2, 0.25) is 11.8 Å². The van der Waals surface area contributed by atoms with E-state index in [0.29, 0.717) is 26.1 Å². The summed E-state index contributed by atoms with van der Waals surface area (Å²) in [6, 6.07) is 12.4. The van der Waals surface area contributed by atoms with Gasteiger partial charge in [0.25, 0.3) is 0 Å². The van der Waals surface area contributed by atoms with Gasteiger partial charge in [0.05, 0.1) is 13.1 Å². The Morgan fingerprint density at radius 3 is 2.25 bits per heavy atom. The first-order valence-electron chi connectivity index (χ1n) is 11.9. The van der Waals surface area contributed by atoms with Gasteiger partial charge in [0.15, 0.2) is 0 Å². The van der Waals surface area contributed by atoms with E-state index in [-0.39, 0.29) is 18.4 Å². The third-order valence-corrected chi connectivity index (χ3v) is 6.12. The molecular formula is C26H38BrN3O2. The molecule has 1 heterocycles. The summed E-state index contributed by atoms with van der Waals surface area (Å²) >= 11 is 3.49. The molecule has 2 amide bonds. The molecule has 0 bridgehead atoms. The average molecular weight is 505 g/mol. The van der Waals surface area contributed by atoms with Gasteiger partial charge < -0.3 is 14.4 Å². The number of carbonyl (C=O) groups is 2. The first-order chi connectivity index (χ1) is 15.5. The Hall–Kier alpha value is -2.08. The monoisotopic (exact) mass is 503 g/mol. The molecular weight excluding hydrogens is 466 g/mol. The van der Waals surface area contributed by atoms with E-state index in [4.69, 9.17) is 0 Å². The summed E-state index contributed by atoms with van der Waals surface area (Å²) < 4.78 is 3.27. The average Bonchev–Trinajstić information content (AvgIpc) is 3.22. The summed E-state index contributed by atoms with van der Waals surface area (Å²) in [5.74, 6) is 0.129. The SMILES string of the molecule is CCCCC(=O)N(CCC)CC(=O)N(CCCC)Cc1cccn1Cc1ccc(Br)cc1. The molecule has 1 aromatic carbocycles. The number of halogens is 1. The number of aromatic nitrogens is 1. The smallest absolute Gasteiger partial charge is 0.242 e. The summed E-state index contributed by atoms with van der Waals surface area (Å²) in [6.45, 7) is 9.11. The molecule has 0 unspecified atom stereocenters. The molecule has 0 radical (unpaired) electrons. The van der Waals surface area contributed by atoms with Crippen LogP contribution >= 0.6 is 15.9 Å². The van der Waals surface area contributed by atoms with Crippen LogP contribution < -0.4 is 0 Å². The Morgan fingerprint density at radius 1 is 0.875 bits per heavy atom. The van der Waals surface area contributed by atoms with Crippen molar-refractivity contribution in [1.82, 2.24) is 14.4 Å². The van der Waals surface area contributed by atoms with Crippen molar-refractivity contribution in [2.75, 3.05) is 19.6 Å². The highest BCUT2D eigenvalue weighted by atomic mass is 79.9. The summed E-state index contributed by atoms with van der Waals surface area (Å²) in [4.78, 5) is 29.5. The summed E-state index contributed by atoms with van der Waals surface area (Å²) in [7, 11) is 0. The topological polar surface area (TPSA) is 45.6 Å². The molecule has 0 fully saturated rings. The van der Waals surface area contributed by atoms with Crippen molar-refractivity contribution >= 4 is 27.7 Å². The molecule has 0 saturated heterocycles. The van der Waals surface area contributed by atoms with Gasteiger partial charge in [-0.3, -0.25) is 9.59 Å². The molecule has 0 aliphatic carbocycles. The van der Waals surface area contributed by atoms with Crippen LogP contribution in [0.4, 0.5) is 0 Å². The predicted molar refractivity (Wildman–Crippen MR) is 134 cm³/mol. The van der Waals surface area contributed by atoms with Crippen LogP contribution in [0.15, 0.2) is 47.1 Å². The number of benzene rings is 1. The van der Waals surface area contributed by atoms with Gasteiger partial charge in [-0.15, -0.1) is 0 Å². The molecule has 0 spiro atoms. The van der Waals surface area contributed by atoms with Gasteiger partial charge in [0, 0.05) is 42.4 Å². The molecule has 32 heavy (non-hydrogen) atoms. The van der Waals surface area contributed by atoms with E-state index in [2.05, 4.69) is 65.7 Å². The fourth-order valence-corrected chi connectivity index (χ4v) is 3.95. The van der Waals surface area contributed by atoms with Crippen molar-refractivity contribution in [3.63, 3.8) is 0 Å². The minimum Gasteiger partial charge on any atom is -0.345 e. The molecule has 0 aliphatic heterocycles. The lowest BCUT2D eigenvalue weighted by atomic mass is 10.2. The summed E-state index contributed by atoms with van der Waals surface area (Å²) in [5.41, 5.74) is 2.32. The highest BCUT2D eigenvalue weighted by Crippen LogP contribution is 2.15. The van der Waals surface area contributed by atoms with Crippen molar-refractivity contribution in [3.8, 4) is 0 Å². The van der Waals surface area contributed by atoms with Crippen molar-refractivity contribution in [1.29, 1.82) is 0 Å². The number of nitrogens with zero attached hydrogens (tertiary/aromatic N) is 3. The van der Waals surface area contributed by atoms with E-state index in [0.717, 1.165) is 48.8 Å². The van der Waals surface area contributed by atoms with Gasteiger partial charge in [-0.05, 0) is 49.1 Å². The Morgan fingerprint density at radius 2 is 1.59 bits per heavy atom. The zero-order valence-electron chi connectivity index (χ0n) is 19.9. The molecule has 2 rings (SSSR count). The van der Waals surface area contributed by atoms with Crippen LogP contribution in [0, 0.1) is 0 Å². The quantitative estimate of drug-likeness (QED) is 0.324. The van der Waals surface area contributed by atoms with Gasteiger partial charge >= 0.3 is 0 Å². The molecule has 176 valence electrons. The van der Waals surface area contributed by atoms with Crippen molar-refractivity contribution < 1.29 is 9.59 Å². The van der Waals surface area contributed by atoms with E-state index in [9.17, 15) is 9.59 Å². The number of carbonyl (C=O) groups excluding carboxylic acids is 2. The van der Waals surface area contributed by atoms with Crippen LogP contribution in [-0.4, -0.2) is 45.8 Å².